The third kappa shape index (κ3) is 29.0. The van der Waals surface area contributed by atoms with Gasteiger partial charge in [0.1, 0.15) is 0 Å². The van der Waals surface area contributed by atoms with Gasteiger partial charge < -0.3 is 14.4 Å². The Kier molecular flexibility index (Phi) is 32.8. The van der Waals surface area contributed by atoms with E-state index in [0.29, 0.717) is 5.92 Å². The van der Waals surface area contributed by atoms with E-state index >= 15 is 0 Å². The molecule has 1 heterocycles. The summed E-state index contributed by atoms with van der Waals surface area (Å²) in [5, 5.41) is 0. The second kappa shape index (κ2) is 35.2. The Morgan fingerprint density at radius 3 is 1.43 bits per heavy atom. The topological polar surface area (TPSA) is 21.7 Å². The average molecular weight is 642 g/mol. The fourth-order valence-electron chi connectivity index (χ4n) is 6.31. The largest absolute Gasteiger partial charge is 0.379 e. The number of allylic oxidation sites excluding steroid dienone is 8. The number of ether oxygens (including phenoxy) is 2. The monoisotopic (exact) mass is 642 g/mol. The van der Waals surface area contributed by atoms with Crippen LogP contribution in [-0.2, 0) is 9.47 Å². The quantitative estimate of drug-likeness (QED) is 0.0515. The van der Waals surface area contributed by atoms with E-state index in [2.05, 4.69) is 74.4 Å². The van der Waals surface area contributed by atoms with Crippen molar-refractivity contribution in [2.75, 3.05) is 40.0 Å². The normalized spacial score (nSPS) is 16.8. The minimum atomic E-state index is 0.271. The van der Waals surface area contributed by atoms with Gasteiger partial charge in [-0.3, -0.25) is 0 Å². The summed E-state index contributed by atoms with van der Waals surface area (Å²) < 4.78 is 12.6. The van der Waals surface area contributed by atoms with E-state index in [9.17, 15) is 0 Å². The van der Waals surface area contributed by atoms with Crippen LogP contribution in [0.2, 0.25) is 0 Å². The van der Waals surface area contributed by atoms with Gasteiger partial charge in [0.05, 0.1) is 12.7 Å². The molecule has 1 saturated heterocycles. The number of likely N-dealkylation sites (tertiary alicyclic amines) is 1. The summed E-state index contributed by atoms with van der Waals surface area (Å²) in [7, 11) is 2.24. The first-order valence-corrected chi connectivity index (χ1v) is 20.3. The van der Waals surface area contributed by atoms with Crippen molar-refractivity contribution < 1.29 is 9.47 Å². The first-order chi connectivity index (χ1) is 22.8. The lowest BCUT2D eigenvalue weighted by atomic mass is 10.0. The van der Waals surface area contributed by atoms with Crippen LogP contribution in [0.4, 0.5) is 0 Å². The molecular weight excluding hydrogens is 562 g/mol. The van der Waals surface area contributed by atoms with Gasteiger partial charge in [-0.25, -0.2) is 0 Å². The highest BCUT2D eigenvalue weighted by Crippen LogP contribution is 2.22. The van der Waals surface area contributed by atoms with Crippen LogP contribution in [0.3, 0.4) is 0 Å². The highest BCUT2D eigenvalue weighted by Gasteiger charge is 2.28. The van der Waals surface area contributed by atoms with Crippen molar-refractivity contribution in [3.63, 3.8) is 0 Å². The minimum absolute atomic E-state index is 0.271. The highest BCUT2D eigenvalue weighted by atomic mass is 16.5. The van der Waals surface area contributed by atoms with E-state index in [1.807, 2.05) is 0 Å². The van der Waals surface area contributed by atoms with E-state index in [-0.39, 0.29) is 6.10 Å². The lowest BCUT2D eigenvalue weighted by Gasteiger charge is -2.24. The van der Waals surface area contributed by atoms with Gasteiger partial charge in [0.25, 0.3) is 0 Å². The molecular formula is C43H79NO2. The molecule has 268 valence electrons. The maximum absolute atomic E-state index is 6.45. The van der Waals surface area contributed by atoms with Crippen LogP contribution in [0.25, 0.3) is 0 Å². The third-order valence-corrected chi connectivity index (χ3v) is 9.40. The second-order valence-electron chi connectivity index (χ2n) is 14.0. The van der Waals surface area contributed by atoms with Crippen LogP contribution in [0.5, 0.6) is 0 Å². The first-order valence-electron chi connectivity index (χ1n) is 20.3. The van der Waals surface area contributed by atoms with Crippen molar-refractivity contribution in [2.24, 2.45) is 5.92 Å². The Morgan fingerprint density at radius 1 is 0.543 bits per heavy atom. The van der Waals surface area contributed by atoms with Gasteiger partial charge in [-0.15, -0.1) is 0 Å². The molecule has 2 atom stereocenters. The van der Waals surface area contributed by atoms with Gasteiger partial charge in [-0.1, -0.05) is 140 Å². The van der Waals surface area contributed by atoms with Gasteiger partial charge in [-0.2, -0.15) is 0 Å². The summed E-state index contributed by atoms with van der Waals surface area (Å²) in [4.78, 5) is 2.45. The molecule has 1 aliphatic heterocycles. The molecule has 46 heavy (non-hydrogen) atoms. The molecule has 0 spiro atoms. The van der Waals surface area contributed by atoms with Crippen molar-refractivity contribution in [1.82, 2.24) is 4.90 Å². The minimum Gasteiger partial charge on any atom is -0.379 e. The standard InChI is InChI=1S/C43H79NO2/c1-4-6-8-10-12-14-16-18-20-22-24-26-28-30-32-34-38-45-41-43(42-36-37-44(3)40-42)46-39-35-33-31-29-27-25-23-21-19-17-15-13-11-9-7-5-2/h12-15,18-21,42-43H,4-11,16-17,22-41H2,1-3H3/b14-12-,15-13-,20-18-,21-19-/t42?,43-/m1/s1. The molecule has 3 heteroatoms. The Hall–Kier alpha value is -1.16. The van der Waals surface area contributed by atoms with Crippen molar-refractivity contribution in [3.8, 4) is 0 Å². The predicted octanol–water partition coefficient (Wildman–Crippen LogP) is 13.0. The van der Waals surface area contributed by atoms with Crippen LogP contribution >= 0.6 is 0 Å². The van der Waals surface area contributed by atoms with E-state index in [1.54, 1.807) is 0 Å². The van der Waals surface area contributed by atoms with Gasteiger partial charge in [-0.05, 0) is 97.1 Å². The third-order valence-electron chi connectivity index (χ3n) is 9.40. The molecule has 0 saturated carbocycles. The molecule has 0 radical (unpaired) electrons. The lowest BCUT2D eigenvalue weighted by molar-refractivity contribution is -0.0457. The SMILES string of the molecule is CCCCC/C=C\C/C=C\CCCCCCCCOC[C@@H](OCCCCCCCC/C=C\C/C=C\CCCCC)C1CCN(C)C1. The van der Waals surface area contributed by atoms with Crippen molar-refractivity contribution in [1.29, 1.82) is 0 Å². The number of rotatable bonds is 34. The Balaban J connectivity index is 1.98. The second-order valence-corrected chi connectivity index (χ2v) is 14.0. The van der Waals surface area contributed by atoms with Gasteiger partial charge in [0.2, 0.25) is 0 Å². The zero-order chi connectivity index (χ0) is 33.0. The molecule has 0 aromatic rings. The van der Waals surface area contributed by atoms with Crippen molar-refractivity contribution in [3.05, 3.63) is 48.6 Å². The Bertz CT molecular complexity index is 726. The van der Waals surface area contributed by atoms with E-state index in [4.69, 9.17) is 9.47 Å². The van der Waals surface area contributed by atoms with E-state index in [1.165, 1.54) is 154 Å². The molecule has 1 aliphatic rings. The maximum atomic E-state index is 6.45. The molecule has 0 N–H and O–H groups in total. The first kappa shape index (κ1) is 42.9. The summed E-state index contributed by atoms with van der Waals surface area (Å²) in [5.74, 6) is 0.630. The zero-order valence-corrected chi connectivity index (χ0v) is 31.3. The number of hydrogen-bond acceptors (Lipinski definition) is 3. The summed E-state index contributed by atoms with van der Waals surface area (Å²) in [5.41, 5.74) is 0. The molecule has 0 aliphatic carbocycles. The van der Waals surface area contributed by atoms with Gasteiger partial charge in [0, 0.05) is 25.7 Å². The lowest BCUT2D eigenvalue weighted by Crippen LogP contribution is -2.31. The van der Waals surface area contributed by atoms with Crippen LogP contribution in [-0.4, -0.2) is 51.0 Å². The van der Waals surface area contributed by atoms with Crippen molar-refractivity contribution >= 4 is 0 Å². The van der Waals surface area contributed by atoms with Crippen LogP contribution in [0.15, 0.2) is 48.6 Å². The molecule has 0 aromatic carbocycles. The number of hydrogen-bond donors (Lipinski definition) is 0. The van der Waals surface area contributed by atoms with Crippen molar-refractivity contribution in [2.45, 2.75) is 180 Å². The predicted molar refractivity (Wildman–Crippen MR) is 205 cm³/mol. The molecule has 1 unspecified atom stereocenters. The molecule has 1 fully saturated rings. The van der Waals surface area contributed by atoms with Crippen LogP contribution in [0, 0.1) is 5.92 Å². The fraction of sp³-hybridized carbons (Fsp3) is 0.814. The molecule has 0 aromatic heterocycles. The molecule has 1 rings (SSSR count). The van der Waals surface area contributed by atoms with Crippen LogP contribution < -0.4 is 0 Å². The fourth-order valence-corrected chi connectivity index (χ4v) is 6.31. The van der Waals surface area contributed by atoms with Crippen LogP contribution in [0.1, 0.15) is 174 Å². The Labute approximate surface area is 288 Å². The summed E-state index contributed by atoms with van der Waals surface area (Å²) >= 11 is 0. The highest BCUT2D eigenvalue weighted by molar-refractivity contribution is 4.93. The summed E-state index contributed by atoms with van der Waals surface area (Å²) in [6, 6.07) is 0. The number of unbranched alkanes of at least 4 members (excludes halogenated alkanes) is 18. The Morgan fingerprint density at radius 2 is 0.978 bits per heavy atom. The zero-order valence-electron chi connectivity index (χ0n) is 31.3. The van der Waals surface area contributed by atoms with Gasteiger partial charge in [0.15, 0.2) is 0 Å². The molecule has 3 nitrogen and oxygen atoms in total. The smallest absolute Gasteiger partial charge is 0.0849 e. The summed E-state index contributed by atoms with van der Waals surface area (Å²) in [6.07, 6.45) is 51.3. The number of nitrogens with zero attached hydrogens (tertiary/aromatic N) is 1. The summed E-state index contributed by atoms with van der Waals surface area (Å²) in [6.45, 7) is 9.45. The average Bonchev–Trinajstić information content (AvgIpc) is 3.50. The van der Waals surface area contributed by atoms with Gasteiger partial charge >= 0.3 is 0 Å². The molecule has 0 bridgehead atoms. The van der Waals surface area contributed by atoms with E-state index < -0.39 is 0 Å². The molecule has 0 amide bonds. The maximum Gasteiger partial charge on any atom is 0.0849 e. The van der Waals surface area contributed by atoms with E-state index in [0.717, 1.165) is 39.2 Å².